The molecule has 1 aromatic carbocycles. The molecule has 3 aromatic rings. The van der Waals surface area contributed by atoms with E-state index in [1.54, 1.807) is 11.8 Å². The Morgan fingerprint density at radius 1 is 0.951 bits per heavy atom. The number of ether oxygens (including phenoxy) is 1. The van der Waals surface area contributed by atoms with Gasteiger partial charge in [-0.05, 0) is 44.2 Å². The largest absolute Gasteiger partial charge is 0.416 e. The summed E-state index contributed by atoms with van der Waals surface area (Å²) in [7, 11) is 0. The fourth-order valence-electron chi connectivity index (χ4n) is 3.90. The van der Waals surface area contributed by atoms with Gasteiger partial charge in [-0.15, -0.1) is 5.10 Å². The lowest BCUT2D eigenvalue weighted by Crippen LogP contribution is -2.40. The maximum absolute atomic E-state index is 13.2. The molecule has 0 radical (unpaired) electrons. The van der Waals surface area contributed by atoms with Crippen molar-refractivity contribution in [3.05, 3.63) is 70.4 Å². The fraction of sp³-hybridized carbons (Fsp3) is 0.423. The quantitative estimate of drug-likeness (QED) is 0.423. The number of nitrogens with zero attached hydrogens (tertiary/aromatic N) is 5. The van der Waals surface area contributed by atoms with E-state index in [9.17, 15) is 35.9 Å². The number of carbonyl (C=O) groups excluding carboxylic acids is 2. The van der Waals surface area contributed by atoms with Crippen molar-refractivity contribution in [2.75, 3.05) is 26.3 Å². The summed E-state index contributed by atoms with van der Waals surface area (Å²) >= 11 is 0. The standard InChI is InChI=1S/C24H22F6N6O3.C2H6/c1-13(32-21(37)16-9-17(23(25,26)27)11-18(10-16)24(28,29)30)20-33-14(2)34-36(20)19-4-3-15(12-31-19)22(38)35-5-7-39-8-6-35;1-2/h3-4,9-13H,5-8H2,1-2H3,(H,32,37);1-2H3. The Balaban J connectivity index is 0.00000226. The lowest BCUT2D eigenvalue weighted by atomic mass is 10.0. The van der Waals surface area contributed by atoms with Gasteiger partial charge in [-0.3, -0.25) is 9.59 Å². The van der Waals surface area contributed by atoms with Crippen LogP contribution in [0.1, 0.15) is 70.3 Å². The second-order valence-electron chi connectivity index (χ2n) is 8.73. The Hall–Kier alpha value is -4.01. The molecule has 4 rings (SSSR count). The molecule has 0 bridgehead atoms. The van der Waals surface area contributed by atoms with Gasteiger partial charge in [0, 0.05) is 24.8 Å². The zero-order valence-electron chi connectivity index (χ0n) is 22.6. The highest BCUT2D eigenvalue weighted by atomic mass is 19.4. The van der Waals surface area contributed by atoms with E-state index >= 15 is 0 Å². The molecule has 3 heterocycles. The highest BCUT2D eigenvalue weighted by molar-refractivity contribution is 5.95. The molecule has 1 saturated heterocycles. The number of halogens is 6. The Bertz CT molecular complexity index is 1330. The van der Waals surface area contributed by atoms with Crippen LogP contribution in [0.25, 0.3) is 5.82 Å². The summed E-state index contributed by atoms with van der Waals surface area (Å²) in [5.74, 6) is -0.801. The van der Waals surface area contributed by atoms with Crippen molar-refractivity contribution in [3.8, 4) is 5.82 Å². The second kappa shape index (κ2) is 12.7. The van der Waals surface area contributed by atoms with Gasteiger partial charge < -0.3 is 15.0 Å². The average molecular weight is 587 g/mol. The fourth-order valence-corrected chi connectivity index (χ4v) is 3.90. The smallest absolute Gasteiger partial charge is 0.378 e. The third-order valence-corrected chi connectivity index (χ3v) is 5.83. The predicted molar refractivity (Wildman–Crippen MR) is 134 cm³/mol. The Labute approximate surface area is 231 Å². The van der Waals surface area contributed by atoms with Crippen LogP contribution < -0.4 is 5.32 Å². The van der Waals surface area contributed by atoms with E-state index in [1.807, 2.05) is 13.8 Å². The van der Waals surface area contributed by atoms with Crippen LogP contribution in [-0.4, -0.2) is 62.8 Å². The molecule has 1 aliphatic rings. The molecule has 0 saturated carbocycles. The summed E-state index contributed by atoms with van der Waals surface area (Å²) in [4.78, 5) is 35.5. The number of nitrogens with one attached hydrogen (secondary N) is 1. The predicted octanol–water partition coefficient (Wildman–Crippen LogP) is 5.00. The molecule has 0 spiro atoms. The molecule has 0 aliphatic carbocycles. The topological polar surface area (TPSA) is 102 Å². The zero-order chi connectivity index (χ0) is 30.5. The van der Waals surface area contributed by atoms with Gasteiger partial charge in [0.15, 0.2) is 11.6 Å². The summed E-state index contributed by atoms with van der Waals surface area (Å²) in [5, 5.41) is 6.59. The van der Waals surface area contributed by atoms with Crippen molar-refractivity contribution in [1.29, 1.82) is 0 Å². The summed E-state index contributed by atoms with van der Waals surface area (Å²) < 4.78 is 85.7. The number of benzene rings is 1. The Morgan fingerprint density at radius 3 is 2.05 bits per heavy atom. The average Bonchev–Trinajstić information content (AvgIpc) is 3.35. The van der Waals surface area contributed by atoms with E-state index in [4.69, 9.17) is 4.74 Å². The summed E-state index contributed by atoms with van der Waals surface area (Å²) in [5.41, 5.74) is -3.71. The molecule has 41 heavy (non-hydrogen) atoms. The molecule has 2 aromatic heterocycles. The van der Waals surface area contributed by atoms with Crippen LogP contribution in [0.4, 0.5) is 26.3 Å². The number of alkyl halides is 6. The van der Waals surface area contributed by atoms with Crippen molar-refractivity contribution in [2.24, 2.45) is 0 Å². The SMILES string of the molecule is CC.Cc1nc(C(C)NC(=O)c2cc(C(F)(F)F)cc(C(F)(F)F)c2)n(-c2ccc(C(=O)N3CCOCC3)cn2)n1. The van der Waals surface area contributed by atoms with Crippen LogP contribution in [0.2, 0.25) is 0 Å². The van der Waals surface area contributed by atoms with Crippen molar-refractivity contribution in [1.82, 2.24) is 30.0 Å². The number of aryl methyl sites for hydroxylation is 1. The second-order valence-corrected chi connectivity index (χ2v) is 8.73. The summed E-state index contributed by atoms with van der Waals surface area (Å²) in [6.45, 7) is 8.74. The zero-order valence-corrected chi connectivity index (χ0v) is 22.6. The molecule has 1 aliphatic heterocycles. The van der Waals surface area contributed by atoms with Crippen LogP contribution in [0, 0.1) is 6.92 Å². The lowest BCUT2D eigenvalue weighted by Gasteiger charge is -2.26. The maximum atomic E-state index is 13.2. The highest BCUT2D eigenvalue weighted by Gasteiger charge is 2.37. The number of morpholine rings is 1. The van der Waals surface area contributed by atoms with Gasteiger partial charge in [0.1, 0.15) is 5.82 Å². The van der Waals surface area contributed by atoms with Crippen molar-refractivity contribution in [3.63, 3.8) is 0 Å². The first kappa shape index (κ1) is 31.5. The minimum absolute atomic E-state index is 0.0562. The minimum Gasteiger partial charge on any atom is -0.378 e. The molecule has 1 fully saturated rings. The Morgan fingerprint density at radius 2 is 1.54 bits per heavy atom. The third kappa shape index (κ3) is 7.60. The van der Waals surface area contributed by atoms with Crippen LogP contribution in [0.5, 0.6) is 0 Å². The minimum atomic E-state index is -5.10. The molecule has 2 amide bonds. The number of amides is 2. The van der Waals surface area contributed by atoms with E-state index in [-0.39, 0.29) is 29.4 Å². The van der Waals surface area contributed by atoms with Gasteiger partial charge in [0.05, 0.1) is 35.9 Å². The molecular weight excluding hydrogens is 558 g/mol. The number of hydrogen-bond acceptors (Lipinski definition) is 6. The first-order valence-electron chi connectivity index (χ1n) is 12.6. The first-order chi connectivity index (χ1) is 19.2. The Kier molecular flexibility index (Phi) is 9.73. The van der Waals surface area contributed by atoms with Crippen molar-refractivity contribution >= 4 is 11.8 Å². The van der Waals surface area contributed by atoms with Gasteiger partial charge in [-0.25, -0.2) is 9.97 Å². The third-order valence-electron chi connectivity index (χ3n) is 5.83. The summed E-state index contributed by atoms with van der Waals surface area (Å²) in [6.07, 6.45) is -8.85. The number of carbonyl (C=O) groups is 2. The molecule has 1 unspecified atom stereocenters. The van der Waals surface area contributed by atoms with Gasteiger partial charge in [0.2, 0.25) is 0 Å². The van der Waals surface area contributed by atoms with Gasteiger partial charge in [-0.1, -0.05) is 13.8 Å². The van der Waals surface area contributed by atoms with Crippen LogP contribution >= 0.6 is 0 Å². The van der Waals surface area contributed by atoms with E-state index in [0.29, 0.717) is 44.0 Å². The normalized spacial score (nSPS) is 14.6. The van der Waals surface area contributed by atoms with E-state index < -0.39 is 41.0 Å². The monoisotopic (exact) mass is 586 g/mol. The molecule has 15 heteroatoms. The number of hydrogen-bond donors (Lipinski definition) is 1. The summed E-state index contributed by atoms with van der Waals surface area (Å²) in [6, 6.07) is 2.67. The van der Waals surface area contributed by atoms with Crippen LogP contribution in [0.15, 0.2) is 36.5 Å². The van der Waals surface area contributed by atoms with E-state index in [2.05, 4.69) is 20.4 Å². The van der Waals surface area contributed by atoms with E-state index in [1.165, 1.54) is 29.9 Å². The molecule has 222 valence electrons. The molecular formula is C26H28F6N6O3. The number of aromatic nitrogens is 4. The van der Waals surface area contributed by atoms with Gasteiger partial charge in [-0.2, -0.15) is 31.0 Å². The van der Waals surface area contributed by atoms with Gasteiger partial charge in [0.25, 0.3) is 11.8 Å². The van der Waals surface area contributed by atoms with Crippen molar-refractivity contribution in [2.45, 2.75) is 46.1 Å². The molecule has 1 atom stereocenters. The number of rotatable bonds is 5. The molecule has 1 N–H and O–H groups in total. The maximum Gasteiger partial charge on any atom is 0.416 e. The lowest BCUT2D eigenvalue weighted by molar-refractivity contribution is -0.143. The van der Waals surface area contributed by atoms with E-state index in [0.717, 1.165) is 0 Å². The van der Waals surface area contributed by atoms with Crippen molar-refractivity contribution < 1.29 is 40.7 Å². The molecule has 9 nitrogen and oxygen atoms in total. The van der Waals surface area contributed by atoms with Gasteiger partial charge >= 0.3 is 12.4 Å². The van der Waals surface area contributed by atoms with Crippen LogP contribution in [0.3, 0.4) is 0 Å². The number of pyridine rings is 1. The highest BCUT2D eigenvalue weighted by Crippen LogP contribution is 2.36. The first-order valence-corrected chi connectivity index (χ1v) is 12.6. The van der Waals surface area contributed by atoms with Crippen LogP contribution in [-0.2, 0) is 17.1 Å².